The van der Waals surface area contributed by atoms with Gasteiger partial charge in [0.25, 0.3) is 0 Å². The zero-order valence-electron chi connectivity index (χ0n) is 8.03. The standard InChI is InChI=1S/C8H8O3.C2H6/c1-5(9)6-3-2-4-7(10)8(6)11;1-2/h2-4,10-11H,1H3;1-2H3. The van der Waals surface area contributed by atoms with Crippen molar-refractivity contribution in [3.8, 4) is 11.5 Å². The van der Waals surface area contributed by atoms with Crippen molar-refractivity contribution in [1.82, 2.24) is 0 Å². The van der Waals surface area contributed by atoms with Gasteiger partial charge in [-0.25, -0.2) is 0 Å². The summed E-state index contributed by atoms with van der Waals surface area (Å²) in [6.45, 7) is 5.33. The quantitative estimate of drug-likeness (QED) is 0.517. The van der Waals surface area contributed by atoms with E-state index in [0.717, 1.165) is 0 Å². The van der Waals surface area contributed by atoms with Gasteiger partial charge in [0.05, 0.1) is 5.56 Å². The molecule has 0 spiro atoms. The number of rotatable bonds is 1. The van der Waals surface area contributed by atoms with E-state index in [1.54, 1.807) is 0 Å². The molecule has 0 aliphatic heterocycles. The number of carbonyl (C=O) groups is 1. The first-order valence-electron chi connectivity index (χ1n) is 4.15. The lowest BCUT2D eigenvalue weighted by Crippen LogP contribution is -1.91. The minimum Gasteiger partial charge on any atom is -0.504 e. The van der Waals surface area contributed by atoms with Crippen molar-refractivity contribution in [2.45, 2.75) is 20.8 Å². The molecular weight excluding hydrogens is 168 g/mol. The van der Waals surface area contributed by atoms with Gasteiger partial charge in [0.1, 0.15) is 0 Å². The van der Waals surface area contributed by atoms with E-state index < -0.39 is 0 Å². The Bertz CT molecular complexity index is 292. The number of phenolic OH excluding ortho intramolecular Hbond substituents is 2. The van der Waals surface area contributed by atoms with Gasteiger partial charge < -0.3 is 10.2 Å². The summed E-state index contributed by atoms with van der Waals surface area (Å²) in [4.78, 5) is 10.7. The molecule has 72 valence electrons. The third kappa shape index (κ3) is 2.78. The van der Waals surface area contributed by atoms with E-state index in [1.807, 2.05) is 13.8 Å². The van der Waals surface area contributed by atoms with Crippen LogP contribution in [0.4, 0.5) is 0 Å². The summed E-state index contributed by atoms with van der Waals surface area (Å²) in [5.74, 6) is -0.879. The van der Waals surface area contributed by atoms with Crippen molar-refractivity contribution in [3.63, 3.8) is 0 Å². The Morgan fingerprint density at radius 1 is 1.23 bits per heavy atom. The number of benzene rings is 1. The zero-order chi connectivity index (χ0) is 10.4. The second-order valence-electron chi connectivity index (χ2n) is 2.23. The zero-order valence-corrected chi connectivity index (χ0v) is 8.03. The summed E-state index contributed by atoms with van der Waals surface area (Å²) in [7, 11) is 0. The Morgan fingerprint density at radius 2 is 1.77 bits per heavy atom. The van der Waals surface area contributed by atoms with Gasteiger partial charge >= 0.3 is 0 Å². The van der Waals surface area contributed by atoms with Crippen LogP contribution < -0.4 is 0 Å². The fourth-order valence-electron chi connectivity index (χ4n) is 0.815. The molecule has 1 aromatic rings. The molecule has 13 heavy (non-hydrogen) atoms. The van der Waals surface area contributed by atoms with E-state index in [2.05, 4.69) is 0 Å². The molecule has 0 bridgehead atoms. The average molecular weight is 182 g/mol. The van der Waals surface area contributed by atoms with Crippen LogP contribution in [0.15, 0.2) is 18.2 Å². The lowest BCUT2D eigenvalue weighted by molar-refractivity contribution is 0.101. The number of carbonyl (C=O) groups excluding carboxylic acids is 1. The Balaban J connectivity index is 0.000000671. The van der Waals surface area contributed by atoms with Crippen LogP contribution in [0.1, 0.15) is 31.1 Å². The van der Waals surface area contributed by atoms with Crippen LogP contribution in [0.5, 0.6) is 11.5 Å². The van der Waals surface area contributed by atoms with Crippen molar-refractivity contribution < 1.29 is 15.0 Å². The highest BCUT2D eigenvalue weighted by Gasteiger charge is 2.08. The van der Waals surface area contributed by atoms with Crippen LogP contribution in [0.25, 0.3) is 0 Å². The van der Waals surface area contributed by atoms with Gasteiger partial charge in [0.15, 0.2) is 17.3 Å². The fourth-order valence-corrected chi connectivity index (χ4v) is 0.815. The maximum Gasteiger partial charge on any atom is 0.168 e. The largest absolute Gasteiger partial charge is 0.504 e. The number of hydrogen-bond donors (Lipinski definition) is 2. The lowest BCUT2D eigenvalue weighted by Gasteiger charge is -2.00. The second-order valence-corrected chi connectivity index (χ2v) is 2.23. The molecule has 0 amide bonds. The number of hydrogen-bond acceptors (Lipinski definition) is 3. The second kappa shape index (κ2) is 5.19. The van der Waals surface area contributed by atoms with E-state index in [-0.39, 0.29) is 22.8 Å². The van der Waals surface area contributed by atoms with Gasteiger partial charge in [-0.3, -0.25) is 4.79 Å². The molecule has 0 aliphatic rings. The normalized spacial score (nSPS) is 8.54. The van der Waals surface area contributed by atoms with E-state index in [1.165, 1.54) is 25.1 Å². The molecule has 0 fully saturated rings. The highest BCUT2D eigenvalue weighted by Crippen LogP contribution is 2.27. The molecule has 3 nitrogen and oxygen atoms in total. The van der Waals surface area contributed by atoms with Gasteiger partial charge in [-0.1, -0.05) is 19.9 Å². The molecular formula is C10H14O3. The van der Waals surface area contributed by atoms with Crippen LogP contribution in [-0.4, -0.2) is 16.0 Å². The van der Waals surface area contributed by atoms with Crippen molar-refractivity contribution in [2.24, 2.45) is 0 Å². The number of para-hydroxylation sites is 1. The SMILES string of the molecule is CC.CC(=O)c1cccc(O)c1O. The molecule has 0 atom stereocenters. The highest BCUT2D eigenvalue weighted by molar-refractivity contribution is 5.97. The fraction of sp³-hybridized carbons (Fsp3) is 0.300. The summed E-state index contributed by atoms with van der Waals surface area (Å²) in [5.41, 5.74) is 0.144. The van der Waals surface area contributed by atoms with Gasteiger partial charge in [-0.05, 0) is 19.1 Å². The van der Waals surface area contributed by atoms with Gasteiger partial charge in [-0.2, -0.15) is 0 Å². The molecule has 0 unspecified atom stereocenters. The predicted octanol–water partition coefficient (Wildman–Crippen LogP) is 2.33. The maximum atomic E-state index is 10.7. The van der Waals surface area contributed by atoms with Gasteiger partial charge in [0.2, 0.25) is 0 Å². The van der Waals surface area contributed by atoms with E-state index >= 15 is 0 Å². The van der Waals surface area contributed by atoms with E-state index in [0.29, 0.717) is 0 Å². The molecule has 1 rings (SSSR count). The Hall–Kier alpha value is -1.51. The Labute approximate surface area is 77.6 Å². The number of phenols is 2. The molecule has 0 radical (unpaired) electrons. The minimum absolute atomic E-state index is 0.144. The van der Waals surface area contributed by atoms with E-state index in [9.17, 15) is 4.79 Å². The lowest BCUT2D eigenvalue weighted by atomic mass is 10.1. The van der Waals surface area contributed by atoms with Crippen LogP contribution >= 0.6 is 0 Å². The summed E-state index contributed by atoms with van der Waals surface area (Å²) in [6, 6.07) is 4.28. The highest BCUT2D eigenvalue weighted by atomic mass is 16.3. The molecule has 0 heterocycles. The molecule has 0 saturated carbocycles. The Kier molecular flexibility index (Phi) is 4.59. The smallest absolute Gasteiger partial charge is 0.168 e. The van der Waals surface area contributed by atoms with Crippen molar-refractivity contribution in [3.05, 3.63) is 23.8 Å². The monoisotopic (exact) mass is 182 g/mol. The third-order valence-corrected chi connectivity index (χ3v) is 1.39. The van der Waals surface area contributed by atoms with Gasteiger partial charge in [0, 0.05) is 0 Å². The first kappa shape index (κ1) is 11.5. The van der Waals surface area contributed by atoms with Crippen molar-refractivity contribution in [1.29, 1.82) is 0 Å². The summed E-state index contributed by atoms with van der Waals surface area (Å²) in [6.07, 6.45) is 0. The topological polar surface area (TPSA) is 57.5 Å². The number of aromatic hydroxyl groups is 2. The first-order chi connectivity index (χ1) is 6.13. The summed E-state index contributed by atoms with van der Waals surface area (Å²) < 4.78 is 0. The molecule has 3 heteroatoms. The minimum atomic E-state index is -0.347. The number of Topliss-reactive ketones (excluding diaryl/α,β-unsaturated/α-hetero) is 1. The van der Waals surface area contributed by atoms with Crippen LogP contribution in [-0.2, 0) is 0 Å². The molecule has 2 N–H and O–H groups in total. The van der Waals surface area contributed by atoms with Crippen molar-refractivity contribution in [2.75, 3.05) is 0 Å². The molecule has 0 aliphatic carbocycles. The number of ketones is 1. The Morgan fingerprint density at radius 3 is 2.15 bits per heavy atom. The molecule has 0 saturated heterocycles. The van der Waals surface area contributed by atoms with Crippen LogP contribution in [0.3, 0.4) is 0 Å². The van der Waals surface area contributed by atoms with Gasteiger partial charge in [-0.15, -0.1) is 0 Å². The average Bonchev–Trinajstić information content (AvgIpc) is 2.13. The molecule has 0 aromatic heterocycles. The summed E-state index contributed by atoms with van der Waals surface area (Å²) in [5, 5.41) is 18.0. The van der Waals surface area contributed by atoms with Crippen LogP contribution in [0.2, 0.25) is 0 Å². The third-order valence-electron chi connectivity index (χ3n) is 1.39. The maximum absolute atomic E-state index is 10.7. The van der Waals surface area contributed by atoms with Crippen molar-refractivity contribution >= 4 is 5.78 Å². The summed E-state index contributed by atoms with van der Waals surface area (Å²) >= 11 is 0. The first-order valence-corrected chi connectivity index (χ1v) is 4.15. The van der Waals surface area contributed by atoms with Crippen LogP contribution in [0, 0.1) is 0 Å². The predicted molar refractivity (Wildman–Crippen MR) is 51.1 cm³/mol. The van der Waals surface area contributed by atoms with E-state index in [4.69, 9.17) is 10.2 Å². The molecule has 1 aromatic carbocycles.